The van der Waals surface area contributed by atoms with Gasteiger partial charge in [-0.3, -0.25) is 10.1 Å². The van der Waals surface area contributed by atoms with Gasteiger partial charge in [-0.2, -0.15) is 0 Å². The molecule has 8 nitrogen and oxygen atoms in total. The van der Waals surface area contributed by atoms with E-state index in [-0.39, 0.29) is 33.3 Å². The van der Waals surface area contributed by atoms with E-state index in [0.717, 1.165) is 18.9 Å². The fraction of sp³-hybridized carbons (Fsp3) is 0.400. The number of aromatic nitrogens is 2. The van der Waals surface area contributed by atoms with Crippen molar-refractivity contribution in [3.05, 3.63) is 33.8 Å². The van der Waals surface area contributed by atoms with Crippen molar-refractivity contribution >= 4 is 44.0 Å². The average Bonchev–Trinajstić information content (AvgIpc) is 3.32. The van der Waals surface area contributed by atoms with Gasteiger partial charge in [0.05, 0.1) is 11.1 Å². The third kappa shape index (κ3) is 5.00. The van der Waals surface area contributed by atoms with Gasteiger partial charge >= 0.3 is 0 Å². The first kappa shape index (κ1) is 21.0. The molecule has 2 N–H and O–H groups in total. The average molecular weight is 453 g/mol. The number of hydrogen-bond donors (Lipinski definition) is 2. The molecule has 0 radical (unpaired) electrons. The lowest BCUT2D eigenvalue weighted by atomic mass is 10.2. The van der Waals surface area contributed by atoms with Crippen LogP contribution in [0, 0.1) is 0 Å². The third-order valence-corrected chi connectivity index (χ3v) is 6.61. The minimum absolute atomic E-state index is 0.0318. The van der Waals surface area contributed by atoms with E-state index < -0.39 is 27.4 Å². The Bertz CT molecular complexity index is 965. The molecule has 0 saturated carbocycles. The SMILES string of the molecule is O=C(Nc1nnc(C(F)F)s1)c1ccc(Cl)c(S(=O)(=O)NCC2CCCO2)c1. The van der Waals surface area contributed by atoms with E-state index >= 15 is 0 Å². The molecular weight excluding hydrogens is 438 g/mol. The van der Waals surface area contributed by atoms with Crippen LogP contribution in [0.15, 0.2) is 23.1 Å². The molecule has 1 aliphatic heterocycles. The van der Waals surface area contributed by atoms with E-state index in [9.17, 15) is 22.0 Å². The Labute approximate surface area is 168 Å². The molecule has 0 spiro atoms. The number of halogens is 3. The predicted octanol–water partition coefficient (Wildman–Crippen LogP) is 2.84. The maximum atomic E-state index is 12.6. The third-order valence-electron chi connectivity index (χ3n) is 3.86. The lowest BCUT2D eigenvalue weighted by Gasteiger charge is -2.13. The van der Waals surface area contributed by atoms with Crippen LogP contribution in [-0.4, -0.2) is 43.8 Å². The van der Waals surface area contributed by atoms with Gasteiger partial charge in [0.2, 0.25) is 15.2 Å². The van der Waals surface area contributed by atoms with Gasteiger partial charge in [0, 0.05) is 18.7 Å². The molecule has 1 fully saturated rings. The Morgan fingerprint density at radius 2 is 2.18 bits per heavy atom. The van der Waals surface area contributed by atoms with Crippen molar-refractivity contribution in [1.82, 2.24) is 14.9 Å². The number of sulfonamides is 1. The molecule has 1 amide bonds. The number of carbonyl (C=O) groups excluding carboxylic acids is 1. The molecule has 1 unspecified atom stereocenters. The Hall–Kier alpha value is -1.73. The maximum Gasteiger partial charge on any atom is 0.291 e. The standard InChI is InChI=1S/C15H15ClF2N4O4S2/c16-10-4-3-8(13(23)20-15-22-21-14(27-15)12(17)18)6-11(10)28(24,25)19-7-9-2-1-5-26-9/h3-4,6,9,12,19H,1-2,5,7H2,(H,20,22,23). The number of benzene rings is 1. The second-order valence-corrected chi connectivity index (χ2v) is 8.98. The number of carbonyl (C=O) groups is 1. The molecule has 1 atom stereocenters. The second kappa shape index (κ2) is 8.74. The summed E-state index contributed by atoms with van der Waals surface area (Å²) in [6, 6.07) is 3.68. The van der Waals surface area contributed by atoms with Gasteiger partial charge < -0.3 is 4.74 Å². The number of rotatable bonds is 7. The lowest BCUT2D eigenvalue weighted by Crippen LogP contribution is -2.32. The van der Waals surface area contributed by atoms with Crippen LogP contribution in [-0.2, 0) is 14.8 Å². The number of nitrogens with zero attached hydrogens (tertiary/aromatic N) is 2. The summed E-state index contributed by atoms with van der Waals surface area (Å²) in [7, 11) is -3.98. The monoisotopic (exact) mass is 452 g/mol. The van der Waals surface area contributed by atoms with Gasteiger partial charge in [0.25, 0.3) is 12.3 Å². The van der Waals surface area contributed by atoms with Crippen molar-refractivity contribution < 1.29 is 26.7 Å². The first-order chi connectivity index (χ1) is 13.3. The number of amides is 1. The summed E-state index contributed by atoms with van der Waals surface area (Å²) in [6.07, 6.45) is -1.39. The van der Waals surface area contributed by atoms with Crippen LogP contribution in [0.1, 0.15) is 34.6 Å². The molecule has 1 aromatic carbocycles. The molecule has 1 aliphatic rings. The largest absolute Gasteiger partial charge is 0.377 e. The van der Waals surface area contributed by atoms with E-state index in [2.05, 4.69) is 20.2 Å². The fourth-order valence-corrected chi connectivity index (χ4v) is 4.66. The lowest BCUT2D eigenvalue weighted by molar-refractivity contribution is 0.102. The highest BCUT2D eigenvalue weighted by Crippen LogP contribution is 2.27. The topological polar surface area (TPSA) is 110 Å². The predicted molar refractivity (Wildman–Crippen MR) is 98.4 cm³/mol. The Morgan fingerprint density at radius 1 is 1.39 bits per heavy atom. The molecule has 3 rings (SSSR count). The summed E-state index contributed by atoms with van der Waals surface area (Å²) >= 11 is 6.52. The van der Waals surface area contributed by atoms with Crippen LogP contribution >= 0.6 is 22.9 Å². The summed E-state index contributed by atoms with van der Waals surface area (Å²) < 4.78 is 58.0. The normalized spacial score (nSPS) is 17.2. The van der Waals surface area contributed by atoms with Gasteiger partial charge in [0.15, 0.2) is 5.01 Å². The molecule has 1 saturated heterocycles. The molecule has 152 valence electrons. The molecule has 28 heavy (non-hydrogen) atoms. The highest BCUT2D eigenvalue weighted by atomic mass is 35.5. The molecule has 0 aliphatic carbocycles. The summed E-state index contributed by atoms with van der Waals surface area (Å²) in [4.78, 5) is 12.0. The highest BCUT2D eigenvalue weighted by Gasteiger charge is 2.24. The first-order valence-electron chi connectivity index (χ1n) is 8.10. The van der Waals surface area contributed by atoms with Crippen molar-refractivity contribution in [2.24, 2.45) is 0 Å². The first-order valence-corrected chi connectivity index (χ1v) is 10.8. The number of nitrogens with one attached hydrogen (secondary N) is 2. The van der Waals surface area contributed by atoms with E-state index in [0.29, 0.717) is 17.9 Å². The highest BCUT2D eigenvalue weighted by molar-refractivity contribution is 7.89. The zero-order valence-electron chi connectivity index (χ0n) is 14.2. The molecule has 0 bridgehead atoms. The van der Waals surface area contributed by atoms with Crippen LogP contribution in [0.4, 0.5) is 13.9 Å². The van der Waals surface area contributed by atoms with E-state index in [1.807, 2.05) is 0 Å². The Morgan fingerprint density at radius 3 is 2.82 bits per heavy atom. The van der Waals surface area contributed by atoms with Crippen molar-refractivity contribution in [1.29, 1.82) is 0 Å². The van der Waals surface area contributed by atoms with E-state index in [1.165, 1.54) is 12.1 Å². The Kier molecular flexibility index (Phi) is 6.55. The van der Waals surface area contributed by atoms with Gasteiger partial charge in [0.1, 0.15) is 4.90 Å². The number of hydrogen-bond acceptors (Lipinski definition) is 7. The number of alkyl halides is 2. The minimum Gasteiger partial charge on any atom is -0.377 e. The van der Waals surface area contributed by atoms with Crippen molar-refractivity contribution in [3.8, 4) is 0 Å². The van der Waals surface area contributed by atoms with Crippen LogP contribution < -0.4 is 10.0 Å². The number of ether oxygens (including phenoxy) is 1. The molecule has 2 heterocycles. The zero-order chi connectivity index (χ0) is 20.3. The molecule has 13 heteroatoms. The van der Waals surface area contributed by atoms with Gasteiger partial charge in [-0.05, 0) is 31.0 Å². The van der Waals surface area contributed by atoms with Crippen molar-refractivity contribution in [2.75, 3.05) is 18.5 Å². The quantitative estimate of drug-likeness (QED) is 0.668. The van der Waals surface area contributed by atoms with Crippen LogP contribution in [0.3, 0.4) is 0 Å². The smallest absolute Gasteiger partial charge is 0.291 e. The maximum absolute atomic E-state index is 12.6. The molecule has 1 aromatic heterocycles. The van der Waals surface area contributed by atoms with Crippen LogP contribution in [0.25, 0.3) is 0 Å². The second-order valence-electron chi connectivity index (χ2n) is 5.83. The van der Waals surface area contributed by atoms with Gasteiger partial charge in [-0.25, -0.2) is 21.9 Å². The van der Waals surface area contributed by atoms with Gasteiger partial charge in [-0.1, -0.05) is 22.9 Å². The van der Waals surface area contributed by atoms with Crippen LogP contribution in [0.5, 0.6) is 0 Å². The van der Waals surface area contributed by atoms with Gasteiger partial charge in [-0.15, -0.1) is 10.2 Å². The summed E-state index contributed by atoms with van der Waals surface area (Å²) in [5.74, 6) is -0.732. The Balaban J connectivity index is 1.74. The fourth-order valence-electron chi connectivity index (χ4n) is 2.48. The van der Waals surface area contributed by atoms with E-state index in [1.54, 1.807) is 0 Å². The zero-order valence-corrected chi connectivity index (χ0v) is 16.6. The summed E-state index contributed by atoms with van der Waals surface area (Å²) in [6.45, 7) is 0.679. The number of anilines is 1. The minimum atomic E-state index is -3.98. The summed E-state index contributed by atoms with van der Waals surface area (Å²) in [5.41, 5.74) is -0.0318. The molecular formula is C15H15ClF2N4O4S2. The van der Waals surface area contributed by atoms with Crippen LogP contribution in [0.2, 0.25) is 5.02 Å². The summed E-state index contributed by atoms with van der Waals surface area (Å²) in [5, 5.41) is 8.29. The van der Waals surface area contributed by atoms with E-state index in [4.69, 9.17) is 16.3 Å². The molecule has 2 aromatic rings. The van der Waals surface area contributed by atoms with Crippen molar-refractivity contribution in [2.45, 2.75) is 30.3 Å². The van der Waals surface area contributed by atoms with Crippen molar-refractivity contribution in [3.63, 3.8) is 0 Å².